The van der Waals surface area contributed by atoms with Crippen LogP contribution in [0.2, 0.25) is 0 Å². The van der Waals surface area contributed by atoms with E-state index in [2.05, 4.69) is 48.1 Å². The number of amides is 1. The van der Waals surface area contributed by atoms with E-state index in [4.69, 9.17) is 9.15 Å². The molecule has 1 fully saturated rings. The Balaban J connectivity index is 1.18. The third-order valence-corrected chi connectivity index (χ3v) is 5.85. The van der Waals surface area contributed by atoms with Crippen LogP contribution in [-0.4, -0.2) is 37.1 Å². The Kier molecular flexibility index (Phi) is 6.16. The normalized spacial score (nSPS) is 15.3. The Hall–Kier alpha value is -3.02. The van der Waals surface area contributed by atoms with Crippen LogP contribution in [0.3, 0.4) is 0 Å². The van der Waals surface area contributed by atoms with Gasteiger partial charge in [0, 0.05) is 19.6 Å². The van der Waals surface area contributed by atoms with E-state index < -0.39 is 0 Å². The molecule has 0 saturated carbocycles. The summed E-state index contributed by atoms with van der Waals surface area (Å²) in [7, 11) is 0. The lowest BCUT2D eigenvalue weighted by Gasteiger charge is -2.30. The summed E-state index contributed by atoms with van der Waals surface area (Å²) in [6.07, 6.45) is 1.99. The Morgan fingerprint density at radius 3 is 2.52 bits per heavy atom. The molecule has 1 aromatic heterocycles. The second-order valence-corrected chi connectivity index (χ2v) is 9.26. The lowest BCUT2D eigenvalue weighted by Crippen LogP contribution is -2.39. The zero-order chi connectivity index (χ0) is 21.8. The van der Waals surface area contributed by atoms with Gasteiger partial charge >= 0.3 is 0 Å². The number of hydrogen-bond donors (Lipinski definition) is 1. The fourth-order valence-corrected chi connectivity index (χ4v) is 3.83. The topological polar surface area (TPSA) is 67.6 Å². The van der Waals surface area contributed by atoms with Crippen molar-refractivity contribution in [2.45, 2.75) is 39.0 Å². The number of rotatable bonds is 6. The van der Waals surface area contributed by atoms with E-state index in [1.165, 1.54) is 5.56 Å². The molecule has 0 bridgehead atoms. The van der Waals surface area contributed by atoms with Crippen molar-refractivity contribution in [1.29, 1.82) is 0 Å². The molecule has 1 N–H and O–H groups in total. The van der Waals surface area contributed by atoms with Crippen molar-refractivity contribution in [2.75, 3.05) is 31.1 Å². The molecular weight excluding hydrogens is 390 g/mol. The van der Waals surface area contributed by atoms with Gasteiger partial charge in [0.2, 0.25) is 0 Å². The number of anilines is 1. The van der Waals surface area contributed by atoms with Gasteiger partial charge in [-0.1, -0.05) is 45.0 Å². The van der Waals surface area contributed by atoms with E-state index in [1.54, 1.807) is 0 Å². The van der Waals surface area contributed by atoms with Gasteiger partial charge < -0.3 is 19.4 Å². The fourth-order valence-electron chi connectivity index (χ4n) is 3.83. The largest absolute Gasteiger partial charge is 0.484 e. The van der Waals surface area contributed by atoms with Gasteiger partial charge in [0.05, 0.1) is 0 Å². The number of para-hydroxylation sites is 2. The molecule has 31 heavy (non-hydrogen) atoms. The highest BCUT2D eigenvalue weighted by Crippen LogP contribution is 2.26. The molecule has 0 atom stereocenters. The van der Waals surface area contributed by atoms with Crippen LogP contribution in [0.15, 0.2) is 52.9 Å². The van der Waals surface area contributed by atoms with E-state index in [0.29, 0.717) is 18.5 Å². The maximum atomic E-state index is 12.2. The first-order valence-electron chi connectivity index (χ1n) is 11.0. The van der Waals surface area contributed by atoms with Gasteiger partial charge in [-0.2, -0.15) is 4.98 Å². The molecule has 0 spiro atoms. The Morgan fingerprint density at radius 2 is 1.84 bits per heavy atom. The summed E-state index contributed by atoms with van der Waals surface area (Å²) in [6, 6.07) is 16.5. The lowest BCUT2D eigenvalue weighted by atomic mass is 9.87. The zero-order valence-electron chi connectivity index (χ0n) is 18.6. The average molecular weight is 422 g/mol. The summed E-state index contributed by atoms with van der Waals surface area (Å²) >= 11 is 0. The van der Waals surface area contributed by atoms with Crippen LogP contribution in [0.25, 0.3) is 11.1 Å². The number of nitrogens with zero attached hydrogens (tertiary/aromatic N) is 2. The third-order valence-electron chi connectivity index (χ3n) is 5.85. The summed E-state index contributed by atoms with van der Waals surface area (Å²) in [5.41, 5.74) is 3.06. The predicted molar refractivity (Wildman–Crippen MR) is 123 cm³/mol. The van der Waals surface area contributed by atoms with Crippen LogP contribution < -0.4 is 15.0 Å². The number of nitrogens with one attached hydrogen (secondary N) is 1. The summed E-state index contributed by atoms with van der Waals surface area (Å²) in [4.78, 5) is 19.0. The van der Waals surface area contributed by atoms with Crippen molar-refractivity contribution in [2.24, 2.45) is 5.92 Å². The van der Waals surface area contributed by atoms with Gasteiger partial charge in [0.1, 0.15) is 11.3 Å². The summed E-state index contributed by atoms with van der Waals surface area (Å²) < 4.78 is 11.5. The van der Waals surface area contributed by atoms with Gasteiger partial charge in [-0.3, -0.25) is 4.79 Å². The van der Waals surface area contributed by atoms with Crippen molar-refractivity contribution in [1.82, 2.24) is 10.3 Å². The molecule has 0 unspecified atom stereocenters. The first-order valence-corrected chi connectivity index (χ1v) is 11.0. The van der Waals surface area contributed by atoms with Gasteiger partial charge in [-0.25, -0.2) is 0 Å². The summed E-state index contributed by atoms with van der Waals surface area (Å²) in [5, 5.41) is 3.01. The number of aromatic nitrogens is 1. The van der Waals surface area contributed by atoms with E-state index in [9.17, 15) is 4.79 Å². The number of piperidine rings is 1. The van der Waals surface area contributed by atoms with E-state index in [1.807, 2.05) is 36.4 Å². The summed E-state index contributed by atoms with van der Waals surface area (Å²) in [6.45, 7) is 8.99. The molecule has 0 radical (unpaired) electrons. The smallest absolute Gasteiger partial charge is 0.298 e. The minimum Gasteiger partial charge on any atom is -0.484 e. The Morgan fingerprint density at radius 1 is 1.13 bits per heavy atom. The van der Waals surface area contributed by atoms with Crippen molar-refractivity contribution >= 4 is 23.0 Å². The highest BCUT2D eigenvalue weighted by atomic mass is 16.5. The quantitative estimate of drug-likeness (QED) is 0.633. The van der Waals surface area contributed by atoms with Gasteiger partial charge in [0.25, 0.3) is 11.9 Å². The minimum absolute atomic E-state index is 0.0383. The molecule has 0 aliphatic carbocycles. The average Bonchev–Trinajstić information content (AvgIpc) is 3.20. The zero-order valence-corrected chi connectivity index (χ0v) is 18.6. The molecule has 1 aliphatic rings. The Labute approximate surface area is 183 Å². The number of benzene rings is 2. The first kappa shape index (κ1) is 21.2. The van der Waals surface area contributed by atoms with Gasteiger partial charge in [-0.15, -0.1) is 0 Å². The number of carbonyl (C=O) groups excluding carboxylic acids is 1. The maximum absolute atomic E-state index is 12.2. The minimum atomic E-state index is -0.0821. The number of ether oxygens (including phenoxy) is 1. The van der Waals surface area contributed by atoms with Crippen LogP contribution in [0, 0.1) is 5.92 Å². The molecule has 164 valence electrons. The van der Waals surface area contributed by atoms with Crippen molar-refractivity contribution < 1.29 is 13.9 Å². The van der Waals surface area contributed by atoms with Crippen molar-refractivity contribution in [3.63, 3.8) is 0 Å². The molecule has 1 aliphatic heterocycles. The molecule has 6 nitrogen and oxygen atoms in total. The maximum Gasteiger partial charge on any atom is 0.298 e. The number of hydrogen-bond acceptors (Lipinski definition) is 5. The molecule has 3 aromatic rings. The van der Waals surface area contributed by atoms with E-state index in [-0.39, 0.29) is 17.9 Å². The monoisotopic (exact) mass is 421 g/mol. The predicted octanol–water partition coefficient (Wildman–Crippen LogP) is 4.54. The number of fused-ring (bicyclic) bond motifs is 1. The van der Waals surface area contributed by atoms with Crippen LogP contribution >= 0.6 is 0 Å². The van der Waals surface area contributed by atoms with Crippen LogP contribution in [-0.2, 0) is 10.2 Å². The molecule has 1 saturated heterocycles. The number of oxazole rings is 1. The Bertz CT molecular complexity index is 979. The van der Waals surface area contributed by atoms with Crippen molar-refractivity contribution in [3.8, 4) is 5.75 Å². The second-order valence-electron chi connectivity index (χ2n) is 9.26. The van der Waals surface area contributed by atoms with Crippen LogP contribution in [0.5, 0.6) is 5.75 Å². The molecule has 1 amide bonds. The van der Waals surface area contributed by atoms with Crippen LogP contribution in [0.4, 0.5) is 6.01 Å². The van der Waals surface area contributed by atoms with Crippen LogP contribution in [0.1, 0.15) is 39.2 Å². The summed E-state index contributed by atoms with van der Waals surface area (Å²) in [5.74, 6) is 1.09. The van der Waals surface area contributed by atoms with E-state index in [0.717, 1.165) is 42.8 Å². The third kappa shape index (κ3) is 5.37. The molecular formula is C25H31N3O3. The number of carbonyl (C=O) groups is 1. The molecule has 6 heteroatoms. The molecule has 2 aromatic carbocycles. The SMILES string of the molecule is CC(C)(C)c1ccc(OCC(=O)NCC2CCN(c3nc4ccccc4o3)CC2)cc1. The van der Waals surface area contributed by atoms with E-state index >= 15 is 0 Å². The van der Waals surface area contributed by atoms with Gasteiger partial charge in [0.15, 0.2) is 12.2 Å². The van der Waals surface area contributed by atoms with Gasteiger partial charge in [-0.05, 0) is 54.0 Å². The molecule has 4 rings (SSSR count). The van der Waals surface area contributed by atoms with Crippen molar-refractivity contribution in [3.05, 3.63) is 54.1 Å². The highest BCUT2D eigenvalue weighted by molar-refractivity contribution is 5.77. The first-order chi connectivity index (χ1) is 14.9. The lowest BCUT2D eigenvalue weighted by molar-refractivity contribution is -0.123. The second kappa shape index (κ2) is 9.00. The molecule has 2 heterocycles. The standard InChI is InChI=1S/C25H31N3O3/c1-25(2,3)19-8-10-20(11-9-19)30-17-23(29)26-16-18-12-14-28(15-13-18)24-27-21-6-4-5-7-22(21)31-24/h4-11,18H,12-17H2,1-3H3,(H,26,29). The highest BCUT2D eigenvalue weighted by Gasteiger charge is 2.23. The fraction of sp³-hybridized carbons (Fsp3) is 0.440.